The maximum atomic E-state index is 11.3. The normalized spacial score (nSPS) is 11.9. The van der Waals surface area contributed by atoms with Gasteiger partial charge in [0.25, 0.3) is 0 Å². The van der Waals surface area contributed by atoms with Crippen LogP contribution in [-0.2, 0) is 24.0 Å². The highest BCUT2D eigenvalue weighted by molar-refractivity contribution is 7.79. The van der Waals surface area contributed by atoms with Gasteiger partial charge in [0.15, 0.2) is 0 Å². The summed E-state index contributed by atoms with van der Waals surface area (Å²) in [6.07, 6.45) is 0.818. The fourth-order valence-electron chi connectivity index (χ4n) is 2.84. The van der Waals surface area contributed by atoms with Crippen LogP contribution in [0.3, 0.4) is 0 Å². The van der Waals surface area contributed by atoms with E-state index in [4.69, 9.17) is 11.6 Å². The van der Waals surface area contributed by atoms with E-state index in [0.29, 0.717) is 11.4 Å². The van der Waals surface area contributed by atoms with Crippen molar-refractivity contribution in [1.29, 1.82) is 0 Å². The molecule has 3 aromatic rings. The number of halogens is 1. The minimum absolute atomic E-state index is 0.295. The monoisotopic (exact) mass is 384 g/mol. The zero-order valence-corrected chi connectivity index (χ0v) is 15.7. The first-order chi connectivity index (χ1) is 12.6. The smallest absolute Gasteiger partial charge is 0.0429 e. The van der Waals surface area contributed by atoms with Crippen molar-refractivity contribution < 1.29 is 8.76 Å². The lowest BCUT2D eigenvalue weighted by molar-refractivity contribution is 0.537. The molecule has 0 radical (unpaired) electrons. The Balaban J connectivity index is 1.83. The molecule has 1 atom stereocenters. The number of anilines is 1. The Morgan fingerprint density at radius 1 is 0.885 bits per heavy atom. The van der Waals surface area contributed by atoms with Gasteiger partial charge in [-0.15, -0.1) is 0 Å². The van der Waals surface area contributed by atoms with Gasteiger partial charge in [-0.05, 0) is 59.0 Å². The van der Waals surface area contributed by atoms with Gasteiger partial charge in [0.1, 0.15) is 0 Å². The number of benzene rings is 3. The van der Waals surface area contributed by atoms with E-state index >= 15 is 0 Å². The molecule has 0 aliphatic carbocycles. The Morgan fingerprint density at radius 2 is 1.62 bits per heavy atom. The first kappa shape index (κ1) is 18.6. The van der Waals surface area contributed by atoms with Crippen molar-refractivity contribution in [3.05, 3.63) is 95.0 Å². The van der Waals surface area contributed by atoms with Crippen molar-refractivity contribution in [1.82, 2.24) is 0 Å². The summed E-state index contributed by atoms with van der Waals surface area (Å²) in [5, 5.41) is 0.723. The van der Waals surface area contributed by atoms with Crippen molar-refractivity contribution in [3.63, 3.8) is 0 Å². The summed E-state index contributed by atoms with van der Waals surface area (Å²) < 4.78 is 22.6. The van der Waals surface area contributed by atoms with Crippen LogP contribution in [0.2, 0.25) is 5.02 Å². The second-order valence-electron chi connectivity index (χ2n) is 6.02. The van der Waals surface area contributed by atoms with Crippen molar-refractivity contribution in [2.24, 2.45) is 0 Å². The zero-order valence-electron chi connectivity index (χ0n) is 14.2. The molecule has 26 heavy (non-hydrogen) atoms. The SMILES string of the molecule is O=S([O-])c1cccc(N(CCc2cccc(Cl)c2)Cc2ccccc2)c1. The summed E-state index contributed by atoms with van der Waals surface area (Å²) in [4.78, 5) is 2.48. The van der Waals surface area contributed by atoms with Gasteiger partial charge in [0.05, 0.1) is 0 Å². The molecule has 1 unspecified atom stereocenters. The Morgan fingerprint density at radius 3 is 2.35 bits per heavy atom. The van der Waals surface area contributed by atoms with Crippen LogP contribution in [0.5, 0.6) is 0 Å². The highest BCUT2D eigenvalue weighted by Gasteiger charge is 2.09. The van der Waals surface area contributed by atoms with Crippen LogP contribution in [0, 0.1) is 0 Å². The number of hydrogen-bond donors (Lipinski definition) is 0. The molecular weight excluding hydrogens is 366 g/mol. The Kier molecular flexibility index (Phi) is 6.45. The average Bonchev–Trinajstić information content (AvgIpc) is 2.66. The second-order valence-corrected chi connectivity index (χ2v) is 7.40. The first-order valence-electron chi connectivity index (χ1n) is 8.34. The van der Waals surface area contributed by atoms with E-state index in [9.17, 15) is 8.76 Å². The zero-order chi connectivity index (χ0) is 18.4. The summed E-state index contributed by atoms with van der Waals surface area (Å²) in [7, 11) is 0. The van der Waals surface area contributed by atoms with Crippen molar-refractivity contribution in [3.8, 4) is 0 Å². The molecule has 0 amide bonds. The molecule has 0 spiro atoms. The summed E-state index contributed by atoms with van der Waals surface area (Å²) in [6.45, 7) is 1.46. The molecule has 0 fully saturated rings. The predicted octanol–water partition coefficient (Wildman–Crippen LogP) is 4.83. The third-order valence-corrected chi connectivity index (χ3v) is 5.02. The van der Waals surface area contributed by atoms with E-state index in [1.54, 1.807) is 18.2 Å². The van der Waals surface area contributed by atoms with Gasteiger partial charge in [-0.3, -0.25) is 4.21 Å². The fourth-order valence-corrected chi connectivity index (χ4v) is 3.46. The van der Waals surface area contributed by atoms with Crippen LogP contribution in [0.15, 0.2) is 83.8 Å². The summed E-state index contributed by atoms with van der Waals surface area (Å²) in [5.74, 6) is 0. The second kappa shape index (κ2) is 8.99. The molecule has 0 N–H and O–H groups in total. The van der Waals surface area contributed by atoms with Crippen LogP contribution in [0.25, 0.3) is 0 Å². The standard InChI is InChI=1S/C21H20ClNO2S/c22-19-9-4-8-17(14-19)12-13-23(16-18-6-2-1-3-7-18)20-10-5-11-21(15-20)26(24)25/h1-11,14-15H,12-13,16H2,(H,24,25)/p-1. The number of nitrogens with zero attached hydrogens (tertiary/aromatic N) is 1. The van der Waals surface area contributed by atoms with Crippen molar-refractivity contribution >= 4 is 28.4 Å². The lowest BCUT2D eigenvalue weighted by atomic mass is 10.1. The van der Waals surface area contributed by atoms with Gasteiger partial charge < -0.3 is 9.45 Å². The quantitative estimate of drug-likeness (QED) is 0.548. The molecular formula is C21H19ClNO2S-. The number of rotatable bonds is 7. The molecule has 5 heteroatoms. The maximum Gasteiger partial charge on any atom is 0.0429 e. The highest BCUT2D eigenvalue weighted by Crippen LogP contribution is 2.21. The van der Waals surface area contributed by atoms with Crippen molar-refractivity contribution in [2.75, 3.05) is 11.4 Å². The van der Waals surface area contributed by atoms with Crippen molar-refractivity contribution in [2.45, 2.75) is 17.9 Å². The fraction of sp³-hybridized carbons (Fsp3) is 0.143. The van der Waals surface area contributed by atoms with E-state index in [1.807, 2.05) is 42.5 Å². The summed E-state index contributed by atoms with van der Waals surface area (Å²) in [6, 6.07) is 25.0. The molecule has 3 nitrogen and oxygen atoms in total. The minimum Gasteiger partial charge on any atom is -0.768 e. The van der Waals surface area contributed by atoms with E-state index < -0.39 is 11.1 Å². The van der Waals surface area contributed by atoms with E-state index in [1.165, 1.54) is 5.56 Å². The van der Waals surface area contributed by atoms with Crippen LogP contribution < -0.4 is 4.90 Å². The first-order valence-corrected chi connectivity index (χ1v) is 9.80. The molecule has 0 saturated heterocycles. The molecule has 134 valence electrons. The Labute approximate surface area is 161 Å². The van der Waals surface area contributed by atoms with Crippen LogP contribution in [-0.4, -0.2) is 15.3 Å². The van der Waals surface area contributed by atoms with Gasteiger partial charge in [-0.1, -0.05) is 60.1 Å². The van der Waals surface area contributed by atoms with Crippen LogP contribution >= 0.6 is 11.6 Å². The Bertz CT molecular complexity index is 886. The lowest BCUT2D eigenvalue weighted by Gasteiger charge is -2.26. The van der Waals surface area contributed by atoms with Gasteiger partial charge in [-0.25, -0.2) is 0 Å². The maximum absolute atomic E-state index is 11.3. The van der Waals surface area contributed by atoms with Crippen LogP contribution in [0.4, 0.5) is 5.69 Å². The average molecular weight is 385 g/mol. The van der Waals surface area contributed by atoms with Crippen LogP contribution in [0.1, 0.15) is 11.1 Å². The van der Waals surface area contributed by atoms with Gasteiger partial charge in [0, 0.05) is 28.7 Å². The van der Waals surface area contributed by atoms with E-state index in [-0.39, 0.29) is 0 Å². The topological polar surface area (TPSA) is 43.4 Å². The summed E-state index contributed by atoms with van der Waals surface area (Å²) in [5.41, 5.74) is 3.21. The Hall–Kier alpha value is -2.14. The molecule has 3 rings (SSSR count). The molecule has 0 aliphatic rings. The van der Waals surface area contributed by atoms with E-state index in [2.05, 4.69) is 23.1 Å². The molecule has 0 heterocycles. The molecule has 0 bridgehead atoms. The summed E-state index contributed by atoms with van der Waals surface area (Å²) >= 11 is 3.84. The molecule has 0 aromatic heterocycles. The third kappa shape index (κ3) is 5.18. The largest absolute Gasteiger partial charge is 0.768 e. The van der Waals surface area contributed by atoms with E-state index in [0.717, 1.165) is 29.2 Å². The molecule has 0 aliphatic heterocycles. The van der Waals surface area contributed by atoms with Gasteiger partial charge >= 0.3 is 0 Å². The predicted molar refractivity (Wildman–Crippen MR) is 106 cm³/mol. The van der Waals surface area contributed by atoms with Gasteiger partial charge in [0.2, 0.25) is 0 Å². The lowest BCUT2D eigenvalue weighted by Crippen LogP contribution is -2.25. The number of hydrogen-bond acceptors (Lipinski definition) is 3. The molecule has 0 saturated carbocycles. The molecule has 3 aromatic carbocycles. The minimum atomic E-state index is -2.24. The third-order valence-electron chi connectivity index (χ3n) is 4.15. The highest BCUT2D eigenvalue weighted by atomic mass is 35.5. The van der Waals surface area contributed by atoms with Gasteiger partial charge in [-0.2, -0.15) is 0 Å².